The van der Waals surface area contributed by atoms with Crippen LogP contribution in [0.1, 0.15) is 28.7 Å². The highest BCUT2D eigenvalue weighted by atomic mass is 16.2. The Morgan fingerprint density at radius 2 is 2.00 bits per heavy atom. The molecule has 0 spiro atoms. The number of aromatic amines is 1. The van der Waals surface area contributed by atoms with E-state index >= 15 is 0 Å². The fourth-order valence-corrected chi connectivity index (χ4v) is 2.70. The quantitative estimate of drug-likeness (QED) is 0.685. The van der Waals surface area contributed by atoms with E-state index in [9.17, 15) is 14.4 Å². The molecule has 1 saturated heterocycles. The van der Waals surface area contributed by atoms with E-state index in [-0.39, 0.29) is 24.3 Å². The average molecular weight is 291 g/mol. The summed E-state index contributed by atoms with van der Waals surface area (Å²) in [6, 6.07) is 0. The highest BCUT2D eigenvalue weighted by Crippen LogP contribution is 2.21. The number of rotatable bonds is 1. The molecule has 2 aliphatic heterocycles. The molecule has 1 fully saturated rings. The zero-order valence-corrected chi connectivity index (χ0v) is 11.8. The maximum absolute atomic E-state index is 12.5. The van der Waals surface area contributed by atoms with Crippen molar-refractivity contribution in [2.45, 2.75) is 19.9 Å². The Bertz CT molecular complexity index is 609. The molecule has 0 aromatic carbocycles. The van der Waals surface area contributed by atoms with Gasteiger partial charge >= 0.3 is 0 Å². The zero-order valence-electron chi connectivity index (χ0n) is 11.8. The second-order valence-corrected chi connectivity index (χ2v) is 5.30. The van der Waals surface area contributed by atoms with Crippen LogP contribution in [0.3, 0.4) is 0 Å². The van der Waals surface area contributed by atoms with E-state index in [4.69, 9.17) is 0 Å². The van der Waals surface area contributed by atoms with Gasteiger partial charge in [-0.2, -0.15) is 5.10 Å². The number of hydrogen-bond acceptors (Lipinski definition) is 4. The minimum absolute atomic E-state index is 0.0161. The molecule has 2 aliphatic rings. The van der Waals surface area contributed by atoms with Crippen molar-refractivity contribution in [3.63, 3.8) is 0 Å². The van der Waals surface area contributed by atoms with Gasteiger partial charge in [-0.15, -0.1) is 0 Å². The average Bonchev–Trinajstić information content (AvgIpc) is 2.89. The summed E-state index contributed by atoms with van der Waals surface area (Å²) in [6.45, 7) is 3.52. The van der Waals surface area contributed by atoms with E-state index in [1.165, 1.54) is 11.8 Å². The summed E-state index contributed by atoms with van der Waals surface area (Å²) in [5.41, 5.74) is 2.00. The first kappa shape index (κ1) is 13.6. The molecule has 3 heterocycles. The maximum Gasteiger partial charge on any atom is 0.275 e. The second-order valence-electron chi connectivity index (χ2n) is 5.30. The van der Waals surface area contributed by atoms with E-state index < -0.39 is 0 Å². The number of nitrogens with zero attached hydrogens (tertiary/aromatic N) is 3. The Labute approximate surface area is 121 Å². The van der Waals surface area contributed by atoms with E-state index in [1.807, 2.05) is 0 Å². The number of nitrogens with one attached hydrogen (secondary N) is 2. The van der Waals surface area contributed by atoms with Crippen LogP contribution in [0.5, 0.6) is 0 Å². The minimum Gasteiger partial charge on any atom is -0.353 e. The van der Waals surface area contributed by atoms with Gasteiger partial charge in [-0.3, -0.25) is 19.5 Å². The fourth-order valence-electron chi connectivity index (χ4n) is 2.70. The van der Waals surface area contributed by atoms with Crippen LogP contribution >= 0.6 is 0 Å². The van der Waals surface area contributed by atoms with Crippen LogP contribution in [0.4, 0.5) is 0 Å². The van der Waals surface area contributed by atoms with Crippen LogP contribution in [-0.2, 0) is 22.6 Å². The van der Waals surface area contributed by atoms with Crippen molar-refractivity contribution < 1.29 is 14.4 Å². The van der Waals surface area contributed by atoms with Gasteiger partial charge in [0.25, 0.3) is 5.91 Å². The van der Waals surface area contributed by atoms with Crippen LogP contribution in [0.2, 0.25) is 0 Å². The van der Waals surface area contributed by atoms with Crippen molar-refractivity contribution in [1.29, 1.82) is 0 Å². The molecule has 8 heteroatoms. The van der Waals surface area contributed by atoms with Crippen molar-refractivity contribution >= 4 is 17.7 Å². The number of fused-ring (bicyclic) bond motifs is 1. The van der Waals surface area contributed by atoms with Crippen LogP contribution in [0.25, 0.3) is 0 Å². The first-order valence-electron chi connectivity index (χ1n) is 6.94. The largest absolute Gasteiger partial charge is 0.353 e. The smallest absolute Gasteiger partial charge is 0.275 e. The van der Waals surface area contributed by atoms with Crippen LogP contribution in [-0.4, -0.2) is 63.9 Å². The summed E-state index contributed by atoms with van der Waals surface area (Å²) in [5, 5.41) is 9.67. The number of aromatic nitrogens is 2. The molecule has 0 atom stereocenters. The van der Waals surface area contributed by atoms with Gasteiger partial charge in [0.05, 0.1) is 6.54 Å². The Hall–Kier alpha value is -2.38. The van der Waals surface area contributed by atoms with Crippen molar-refractivity contribution in [1.82, 2.24) is 25.3 Å². The molecule has 21 heavy (non-hydrogen) atoms. The minimum atomic E-state index is -0.257. The van der Waals surface area contributed by atoms with Gasteiger partial charge in [0.1, 0.15) is 0 Å². The number of carbonyl (C=O) groups excluding carboxylic acids is 3. The lowest BCUT2D eigenvalue weighted by Crippen LogP contribution is -2.50. The predicted octanol–water partition coefficient (Wildman–Crippen LogP) is -1.11. The second kappa shape index (κ2) is 5.19. The number of piperazine rings is 1. The fraction of sp³-hybridized carbons (Fsp3) is 0.538. The number of amides is 3. The molecule has 112 valence electrons. The monoisotopic (exact) mass is 291 g/mol. The van der Waals surface area contributed by atoms with Gasteiger partial charge in [0.2, 0.25) is 11.8 Å². The van der Waals surface area contributed by atoms with E-state index in [2.05, 4.69) is 15.5 Å². The lowest BCUT2D eigenvalue weighted by molar-refractivity contribution is -0.129. The molecule has 0 bridgehead atoms. The Kier molecular flexibility index (Phi) is 3.36. The standard InChI is InChI=1S/C13H17N5O3/c1-8(19)17-4-2-10-9(6-17)12(16-15-10)13(21)18-5-3-14-11(20)7-18/h2-7H2,1H3,(H,14,20)(H,15,16). The number of hydrogen-bond donors (Lipinski definition) is 2. The molecule has 1 aromatic heterocycles. The summed E-state index contributed by atoms with van der Waals surface area (Å²) < 4.78 is 0. The van der Waals surface area contributed by atoms with Gasteiger partial charge in [0, 0.05) is 50.8 Å². The molecule has 2 N–H and O–H groups in total. The Morgan fingerprint density at radius 3 is 2.71 bits per heavy atom. The van der Waals surface area contributed by atoms with Crippen LogP contribution in [0.15, 0.2) is 0 Å². The van der Waals surface area contributed by atoms with E-state index in [1.54, 1.807) is 4.90 Å². The topological polar surface area (TPSA) is 98.4 Å². The van der Waals surface area contributed by atoms with Crippen LogP contribution < -0.4 is 5.32 Å². The van der Waals surface area contributed by atoms with Crippen molar-refractivity contribution in [2.75, 3.05) is 26.2 Å². The molecule has 0 aliphatic carbocycles. The zero-order chi connectivity index (χ0) is 15.0. The Morgan fingerprint density at radius 1 is 1.19 bits per heavy atom. The molecule has 3 rings (SSSR count). The highest BCUT2D eigenvalue weighted by molar-refractivity contribution is 5.97. The van der Waals surface area contributed by atoms with Gasteiger partial charge in [0.15, 0.2) is 5.69 Å². The van der Waals surface area contributed by atoms with Gasteiger partial charge < -0.3 is 15.1 Å². The highest BCUT2D eigenvalue weighted by Gasteiger charge is 2.30. The lowest BCUT2D eigenvalue weighted by Gasteiger charge is -2.28. The molecular formula is C13H17N5O3. The van der Waals surface area contributed by atoms with Crippen molar-refractivity contribution in [2.24, 2.45) is 0 Å². The number of H-pyrrole nitrogens is 1. The Balaban J connectivity index is 1.83. The number of carbonyl (C=O) groups is 3. The van der Waals surface area contributed by atoms with Crippen molar-refractivity contribution in [3.05, 3.63) is 17.0 Å². The molecule has 0 radical (unpaired) electrons. The molecule has 1 aromatic rings. The van der Waals surface area contributed by atoms with Gasteiger partial charge in [-0.25, -0.2) is 0 Å². The van der Waals surface area contributed by atoms with E-state index in [0.29, 0.717) is 38.3 Å². The summed E-state index contributed by atoms with van der Waals surface area (Å²) in [7, 11) is 0. The van der Waals surface area contributed by atoms with E-state index in [0.717, 1.165) is 11.3 Å². The lowest BCUT2D eigenvalue weighted by atomic mass is 10.0. The summed E-state index contributed by atoms with van der Waals surface area (Å²) in [4.78, 5) is 38.6. The third-order valence-corrected chi connectivity index (χ3v) is 3.91. The summed E-state index contributed by atoms with van der Waals surface area (Å²) >= 11 is 0. The normalized spacial score (nSPS) is 18.2. The third-order valence-electron chi connectivity index (χ3n) is 3.91. The maximum atomic E-state index is 12.5. The predicted molar refractivity (Wildman–Crippen MR) is 72.3 cm³/mol. The summed E-state index contributed by atoms with van der Waals surface area (Å²) in [6.07, 6.45) is 0.662. The summed E-state index contributed by atoms with van der Waals surface area (Å²) in [5.74, 6) is -0.435. The first-order valence-corrected chi connectivity index (χ1v) is 6.94. The first-order chi connectivity index (χ1) is 10.1. The van der Waals surface area contributed by atoms with Crippen molar-refractivity contribution in [3.8, 4) is 0 Å². The molecule has 0 unspecified atom stereocenters. The molecule has 8 nitrogen and oxygen atoms in total. The molecule has 0 saturated carbocycles. The molecule has 3 amide bonds. The van der Waals surface area contributed by atoms with Gasteiger partial charge in [-0.1, -0.05) is 0 Å². The third kappa shape index (κ3) is 2.48. The van der Waals surface area contributed by atoms with Crippen LogP contribution in [0, 0.1) is 0 Å². The SMILES string of the molecule is CC(=O)N1CCc2[nH]nc(C(=O)N3CCNC(=O)C3)c2C1. The van der Waals surface area contributed by atoms with Gasteiger partial charge in [-0.05, 0) is 0 Å². The molecular weight excluding hydrogens is 274 g/mol.